The van der Waals surface area contributed by atoms with Crippen LogP contribution in [0.5, 0.6) is 0 Å². The molecular weight excluding hydrogens is 328 g/mol. The number of aryl methyl sites for hydroxylation is 2. The molecule has 3 heterocycles. The van der Waals surface area contributed by atoms with Gasteiger partial charge in [0, 0.05) is 32.2 Å². The molecule has 0 amide bonds. The smallest absolute Gasteiger partial charge is 0.131 e. The van der Waals surface area contributed by atoms with E-state index in [9.17, 15) is 0 Å². The molecule has 4 rings (SSSR count). The van der Waals surface area contributed by atoms with Crippen LogP contribution in [-0.2, 0) is 18.3 Å². The van der Waals surface area contributed by atoms with Crippen molar-refractivity contribution in [3.05, 3.63) is 54.0 Å². The van der Waals surface area contributed by atoms with Gasteiger partial charge in [-0.1, -0.05) is 18.2 Å². The van der Waals surface area contributed by atoms with Gasteiger partial charge in [0.15, 0.2) is 0 Å². The van der Waals surface area contributed by atoms with Gasteiger partial charge in [-0.15, -0.1) is 0 Å². The van der Waals surface area contributed by atoms with Crippen LogP contribution < -0.4 is 10.2 Å². The van der Waals surface area contributed by atoms with Gasteiger partial charge in [0.05, 0.1) is 42.7 Å². The molecule has 1 aliphatic heterocycles. The Labute approximate surface area is 153 Å². The van der Waals surface area contributed by atoms with E-state index < -0.39 is 0 Å². The summed E-state index contributed by atoms with van der Waals surface area (Å²) in [5.74, 6) is 1.17. The Morgan fingerprint density at radius 3 is 2.69 bits per heavy atom. The highest BCUT2D eigenvalue weighted by Crippen LogP contribution is 2.25. The molecule has 7 nitrogen and oxygen atoms in total. The van der Waals surface area contributed by atoms with Crippen LogP contribution in [0.15, 0.2) is 42.7 Å². The van der Waals surface area contributed by atoms with Crippen LogP contribution in [-0.4, -0.2) is 45.9 Å². The van der Waals surface area contributed by atoms with E-state index in [0.717, 1.165) is 43.4 Å². The number of aromatic nitrogens is 4. The van der Waals surface area contributed by atoms with Gasteiger partial charge in [-0.2, -0.15) is 10.2 Å². The van der Waals surface area contributed by atoms with Crippen LogP contribution in [0.3, 0.4) is 0 Å². The fourth-order valence-corrected chi connectivity index (χ4v) is 3.39. The van der Waals surface area contributed by atoms with E-state index in [1.54, 1.807) is 0 Å². The molecule has 0 atom stereocenters. The lowest BCUT2D eigenvalue weighted by atomic mass is 10.2. The summed E-state index contributed by atoms with van der Waals surface area (Å²) in [7, 11) is 2.01. The van der Waals surface area contributed by atoms with Gasteiger partial charge in [-0.05, 0) is 19.1 Å². The van der Waals surface area contributed by atoms with Crippen LogP contribution in [0, 0.1) is 6.92 Å². The van der Waals surface area contributed by atoms with Crippen molar-refractivity contribution in [1.29, 1.82) is 0 Å². The summed E-state index contributed by atoms with van der Waals surface area (Å²) in [6, 6.07) is 10.1. The lowest BCUT2D eigenvalue weighted by Crippen LogP contribution is -2.38. The molecule has 0 unspecified atom stereocenters. The number of rotatable bonds is 5. The Morgan fingerprint density at radius 1 is 1.15 bits per heavy atom. The second-order valence-corrected chi connectivity index (χ2v) is 6.47. The third-order valence-corrected chi connectivity index (χ3v) is 4.70. The van der Waals surface area contributed by atoms with Crippen LogP contribution in [0.2, 0.25) is 0 Å². The van der Waals surface area contributed by atoms with Gasteiger partial charge in [-0.25, -0.2) is 4.68 Å². The van der Waals surface area contributed by atoms with Gasteiger partial charge in [0.2, 0.25) is 0 Å². The number of benzene rings is 1. The first-order chi connectivity index (χ1) is 12.7. The van der Waals surface area contributed by atoms with E-state index in [4.69, 9.17) is 4.74 Å². The molecule has 0 aliphatic carbocycles. The van der Waals surface area contributed by atoms with Crippen molar-refractivity contribution in [1.82, 2.24) is 19.6 Å². The third kappa shape index (κ3) is 3.30. The summed E-state index contributed by atoms with van der Waals surface area (Å²) in [6.07, 6.45) is 3.86. The number of hydrogen-bond donors (Lipinski definition) is 1. The lowest BCUT2D eigenvalue weighted by molar-refractivity contribution is 0.122. The molecule has 1 N–H and O–H groups in total. The van der Waals surface area contributed by atoms with Crippen LogP contribution in [0.25, 0.3) is 5.69 Å². The normalized spacial score (nSPS) is 14.6. The summed E-state index contributed by atoms with van der Waals surface area (Å²) >= 11 is 0. The number of anilines is 2. The standard InChI is InChI=1S/C19H24N6O/c1-15-18(19(23(2)22-15)24-8-10-26-11-9-24)13-20-16-12-21-25(14-16)17-6-4-3-5-7-17/h3-7,12,14,20H,8-11,13H2,1-2H3. The third-order valence-electron chi connectivity index (χ3n) is 4.70. The Morgan fingerprint density at radius 2 is 1.92 bits per heavy atom. The predicted molar refractivity (Wildman–Crippen MR) is 102 cm³/mol. The minimum absolute atomic E-state index is 0.715. The summed E-state index contributed by atoms with van der Waals surface area (Å²) < 4.78 is 9.34. The van der Waals surface area contributed by atoms with Crippen molar-refractivity contribution in [2.45, 2.75) is 13.5 Å². The Kier molecular flexibility index (Phi) is 4.62. The van der Waals surface area contributed by atoms with Gasteiger partial charge in [-0.3, -0.25) is 4.68 Å². The lowest BCUT2D eigenvalue weighted by Gasteiger charge is -2.29. The fraction of sp³-hybridized carbons (Fsp3) is 0.368. The maximum Gasteiger partial charge on any atom is 0.131 e. The Bertz CT molecular complexity index is 864. The van der Waals surface area contributed by atoms with Crippen molar-refractivity contribution in [2.75, 3.05) is 36.5 Å². The first-order valence-electron chi connectivity index (χ1n) is 8.91. The zero-order chi connectivity index (χ0) is 17.9. The topological polar surface area (TPSA) is 60.1 Å². The van der Waals surface area contributed by atoms with E-state index >= 15 is 0 Å². The minimum Gasteiger partial charge on any atom is -0.378 e. The number of para-hydroxylation sites is 1. The highest BCUT2D eigenvalue weighted by molar-refractivity contribution is 5.53. The average molecular weight is 352 g/mol. The van der Waals surface area contributed by atoms with Gasteiger partial charge < -0.3 is 15.0 Å². The largest absolute Gasteiger partial charge is 0.378 e. The molecule has 3 aromatic rings. The fourth-order valence-electron chi connectivity index (χ4n) is 3.39. The highest BCUT2D eigenvalue weighted by atomic mass is 16.5. The summed E-state index contributed by atoms with van der Waals surface area (Å²) in [5, 5.41) is 12.6. The first-order valence-corrected chi connectivity index (χ1v) is 8.91. The second-order valence-electron chi connectivity index (χ2n) is 6.47. The molecule has 26 heavy (non-hydrogen) atoms. The van der Waals surface area contributed by atoms with Crippen LogP contribution in [0.4, 0.5) is 11.5 Å². The number of nitrogens with zero attached hydrogens (tertiary/aromatic N) is 5. The maximum absolute atomic E-state index is 5.48. The van der Waals surface area contributed by atoms with Crippen LogP contribution in [0.1, 0.15) is 11.3 Å². The van der Waals surface area contributed by atoms with Crippen molar-refractivity contribution >= 4 is 11.5 Å². The molecule has 0 saturated carbocycles. The zero-order valence-corrected chi connectivity index (χ0v) is 15.2. The van der Waals surface area contributed by atoms with Crippen molar-refractivity contribution in [2.24, 2.45) is 7.05 Å². The van der Waals surface area contributed by atoms with Crippen molar-refractivity contribution in [3.8, 4) is 5.69 Å². The Hall–Kier alpha value is -2.80. The molecule has 1 aliphatic rings. The predicted octanol–water partition coefficient (Wildman–Crippen LogP) is 2.36. The molecule has 7 heteroatoms. The molecular formula is C19H24N6O. The molecule has 1 fully saturated rings. The van der Waals surface area contributed by atoms with E-state index in [1.807, 2.05) is 59.1 Å². The molecule has 2 aromatic heterocycles. The van der Waals surface area contributed by atoms with E-state index in [1.165, 1.54) is 11.4 Å². The molecule has 0 spiro atoms. The summed E-state index contributed by atoms with van der Waals surface area (Å²) in [6.45, 7) is 6.11. The van der Waals surface area contributed by atoms with Gasteiger partial charge in [0.1, 0.15) is 5.82 Å². The first kappa shape index (κ1) is 16.7. The molecule has 1 aromatic carbocycles. The second kappa shape index (κ2) is 7.21. The number of morpholine rings is 1. The maximum atomic E-state index is 5.48. The van der Waals surface area contributed by atoms with Crippen molar-refractivity contribution < 1.29 is 4.74 Å². The number of ether oxygens (including phenoxy) is 1. The van der Waals surface area contributed by atoms with Crippen LogP contribution >= 0.6 is 0 Å². The van der Waals surface area contributed by atoms with E-state index in [-0.39, 0.29) is 0 Å². The average Bonchev–Trinajstić information content (AvgIpc) is 3.25. The molecule has 1 saturated heterocycles. The van der Waals surface area contributed by atoms with E-state index in [2.05, 4.69) is 27.3 Å². The summed E-state index contributed by atoms with van der Waals surface area (Å²) in [5.41, 5.74) is 4.32. The SMILES string of the molecule is Cc1nn(C)c(N2CCOCC2)c1CNc1cnn(-c2ccccc2)c1. The van der Waals surface area contributed by atoms with Gasteiger partial charge >= 0.3 is 0 Å². The quantitative estimate of drug-likeness (QED) is 0.764. The molecule has 0 radical (unpaired) electrons. The van der Waals surface area contributed by atoms with Crippen molar-refractivity contribution in [3.63, 3.8) is 0 Å². The Balaban J connectivity index is 1.51. The number of nitrogens with one attached hydrogen (secondary N) is 1. The van der Waals surface area contributed by atoms with E-state index in [0.29, 0.717) is 6.54 Å². The van der Waals surface area contributed by atoms with Gasteiger partial charge in [0.25, 0.3) is 0 Å². The zero-order valence-electron chi connectivity index (χ0n) is 15.2. The highest BCUT2D eigenvalue weighted by Gasteiger charge is 2.21. The monoisotopic (exact) mass is 352 g/mol. The minimum atomic E-state index is 0.715. The molecule has 136 valence electrons. The number of hydrogen-bond acceptors (Lipinski definition) is 5. The molecule has 0 bridgehead atoms. The summed E-state index contributed by atoms with van der Waals surface area (Å²) in [4.78, 5) is 2.36.